The number of primary amides is 1. The number of amides is 1. The van der Waals surface area contributed by atoms with Gasteiger partial charge in [0.2, 0.25) is 5.91 Å². The van der Waals surface area contributed by atoms with E-state index in [9.17, 15) is 9.90 Å². The van der Waals surface area contributed by atoms with E-state index < -0.39 is 12.0 Å². The topological polar surface area (TPSA) is 85.4 Å². The first-order valence-corrected chi connectivity index (χ1v) is 4.07. The molecule has 5 heteroatoms. The molecule has 14 heavy (non-hydrogen) atoms. The van der Waals surface area contributed by atoms with Gasteiger partial charge >= 0.3 is 0 Å². The molecule has 3 N–H and O–H groups in total. The largest absolute Gasteiger partial charge is 0.386 e. The third kappa shape index (κ3) is 2.51. The minimum absolute atomic E-state index is 0.157. The van der Waals surface area contributed by atoms with Gasteiger partial charge in [-0.2, -0.15) is 0 Å². The fourth-order valence-electron chi connectivity index (χ4n) is 1.03. The van der Waals surface area contributed by atoms with E-state index in [0.29, 0.717) is 5.56 Å². The lowest BCUT2D eigenvalue weighted by Crippen LogP contribution is -2.13. The van der Waals surface area contributed by atoms with E-state index >= 15 is 0 Å². The first kappa shape index (κ1) is 10.6. The number of carbonyl (C=O) groups excluding carboxylic acids is 1. The molecule has 0 aromatic carbocycles. The highest BCUT2D eigenvalue weighted by molar-refractivity contribution is 5.92. The lowest BCUT2D eigenvalue weighted by Gasteiger charge is -2.09. The molecule has 1 heterocycles. The Bertz CT molecular complexity index is 328. The number of nitrogens with two attached hydrogens (primary N) is 1. The molecule has 1 aromatic heterocycles. The van der Waals surface area contributed by atoms with Gasteiger partial charge in [-0.25, -0.2) is 0 Å². The van der Waals surface area contributed by atoms with Crippen LogP contribution >= 0.6 is 0 Å². The van der Waals surface area contributed by atoms with Crippen molar-refractivity contribution in [3.8, 4) is 0 Å². The summed E-state index contributed by atoms with van der Waals surface area (Å²) in [5, 5.41) is 9.51. The average Bonchev–Trinajstić information content (AvgIpc) is 2.18. The molecule has 0 bridgehead atoms. The molecule has 5 nitrogen and oxygen atoms in total. The maximum absolute atomic E-state index is 10.8. The molecule has 1 aromatic rings. The van der Waals surface area contributed by atoms with Crippen LogP contribution in [0.5, 0.6) is 0 Å². The van der Waals surface area contributed by atoms with E-state index in [2.05, 4.69) is 4.98 Å². The molecule has 0 aliphatic rings. The number of aliphatic hydroxyl groups is 1. The predicted octanol–water partition coefficient (Wildman–Crippen LogP) is -0.140. The first-order valence-electron chi connectivity index (χ1n) is 4.07. The van der Waals surface area contributed by atoms with Crippen LogP contribution in [0.3, 0.4) is 0 Å². The van der Waals surface area contributed by atoms with Gasteiger partial charge in [0.25, 0.3) is 0 Å². The molecule has 1 atom stereocenters. The monoisotopic (exact) mass is 196 g/mol. The second kappa shape index (κ2) is 4.69. The number of ether oxygens (including phenoxy) is 1. The van der Waals surface area contributed by atoms with E-state index in [4.69, 9.17) is 10.5 Å². The van der Waals surface area contributed by atoms with Crippen LogP contribution in [0.15, 0.2) is 18.5 Å². The Morgan fingerprint density at radius 1 is 1.71 bits per heavy atom. The fourth-order valence-corrected chi connectivity index (χ4v) is 1.03. The Labute approximate surface area is 81.5 Å². The van der Waals surface area contributed by atoms with Gasteiger partial charge in [-0.15, -0.1) is 0 Å². The highest BCUT2D eigenvalue weighted by Gasteiger charge is 2.09. The van der Waals surface area contributed by atoms with Crippen molar-refractivity contribution in [2.24, 2.45) is 5.73 Å². The van der Waals surface area contributed by atoms with E-state index in [0.717, 1.165) is 0 Å². The van der Waals surface area contributed by atoms with Crippen LogP contribution in [-0.2, 0) is 4.74 Å². The maximum Gasteiger partial charge on any atom is 0.250 e. The third-order valence-corrected chi connectivity index (χ3v) is 1.75. The summed E-state index contributed by atoms with van der Waals surface area (Å²) in [6.07, 6.45) is 2.04. The Kier molecular flexibility index (Phi) is 3.55. The van der Waals surface area contributed by atoms with Crippen LogP contribution in [0.4, 0.5) is 0 Å². The molecule has 1 amide bonds. The summed E-state index contributed by atoms with van der Waals surface area (Å²) in [7, 11) is 1.48. The minimum atomic E-state index is -0.785. The van der Waals surface area contributed by atoms with Crippen LogP contribution in [-0.4, -0.2) is 29.7 Å². The molecule has 0 fully saturated rings. The van der Waals surface area contributed by atoms with Crippen LogP contribution in [0.1, 0.15) is 22.0 Å². The summed E-state index contributed by atoms with van der Waals surface area (Å²) in [6, 6.07) is 1.50. The van der Waals surface area contributed by atoms with Gasteiger partial charge in [-0.05, 0) is 6.07 Å². The van der Waals surface area contributed by atoms with Crippen molar-refractivity contribution in [2.75, 3.05) is 13.7 Å². The quantitative estimate of drug-likeness (QED) is 0.701. The zero-order chi connectivity index (χ0) is 10.6. The highest BCUT2D eigenvalue weighted by Crippen LogP contribution is 2.12. The summed E-state index contributed by atoms with van der Waals surface area (Å²) in [6.45, 7) is 0.157. The summed E-state index contributed by atoms with van der Waals surface area (Å²) in [5.74, 6) is -0.566. The number of hydrogen-bond donors (Lipinski definition) is 2. The lowest BCUT2D eigenvalue weighted by molar-refractivity contribution is 0.0641. The molecule has 0 spiro atoms. The molecule has 76 valence electrons. The van der Waals surface area contributed by atoms with Crippen molar-refractivity contribution in [3.05, 3.63) is 29.6 Å². The number of aromatic nitrogens is 1. The second-order valence-corrected chi connectivity index (χ2v) is 2.84. The number of aliphatic hydroxyl groups excluding tert-OH is 1. The number of nitrogens with zero attached hydrogens (tertiary/aromatic N) is 1. The maximum atomic E-state index is 10.8. The van der Waals surface area contributed by atoms with E-state index in [-0.39, 0.29) is 12.2 Å². The van der Waals surface area contributed by atoms with Crippen LogP contribution in [0, 0.1) is 0 Å². The number of pyridine rings is 1. The molecule has 0 saturated carbocycles. The lowest BCUT2D eigenvalue weighted by atomic mass is 10.1. The number of carbonyl (C=O) groups is 1. The Balaban J connectivity index is 2.87. The number of rotatable bonds is 4. The van der Waals surface area contributed by atoms with Crippen molar-refractivity contribution in [1.82, 2.24) is 4.98 Å². The van der Waals surface area contributed by atoms with Crippen LogP contribution in [0.2, 0.25) is 0 Å². The molecule has 1 unspecified atom stereocenters. The van der Waals surface area contributed by atoms with Gasteiger partial charge < -0.3 is 15.6 Å². The smallest absolute Gasteiger partial charge is 0.250 e. The van der Waals surface area contributed by atoms with Gasteiger partial charge in [0.1, 0.15) is 6.10 Å². The van der Waals surface area contributed by atoms with Gasteiger partial charge in [0.15, 0.2) is 0 Å². The second-order valence-electron chi connectivity index (χ2n) is 2.84. The zero-order valence-electron chi connectivity index (χ0n) is 7.80. The molecular weight excluding hydrogens is 184 g/mol. The van der Waals surface area contributed by atoms with Crippen LogP contribution in [0.25, 0.3) is 0 Å². The van der Waals surface area contributed by atoms with Crippen molar-refractivity contribution in [3.63, 3.8) is 0 Å². The number of hydrogen-bond acceptors (Lipinski definition) is 4. The fraction of sp³-hybridized carbons (Fsp3) is 0.333. The van der Waals surface area contributed by atoms with Gasteiger partial charge in [0.05, 0.1) is 12.2 Å². The van der Waals surface area contributed by atoms with Crippen LogP contribution < -0.4 is 5.73 Å². The molecule has 1 rings (SSSR count). The van der Waals surface area contributed by atoms with Gasteiger partial charge in [-0.3, -0.25) is 9.78 Å². The molecule has 0 saturated heterocycles. The Morgan fingerprint density at radius 2 is 2.43 bits per heavy atom. The molecule has 0 aliphatic heterocycles. The summed E-state index contributed by atoms with van der Waals surface area (Å²) < 4.78 is 4.76. The van der Waals surface area contributed by atoms with Gasteiger partial charge in [0, 0.05) is 25.1 Å². The van der Waals surface area contributed by atoms with E-state index in [1.54, 1.807) is 0 Å². The zero-order valence-corrected chi connectivity index (χ0v) is 7.80. The summed E-state index contributed by atoms with van der Waals surface area (Å²) >= 11 is 0. The highest BCUT2D eigenvalue weighted by atomic mass is 16.5. The number of methoxy groups -OCH3 is 1. The molecular formula is C9H12N2O3. The van der Waals surface area contributed by atoms with E-state index in [1.165, 1.54) is 25.6 Å². The van der Waals surface area contributed by atoms with Crippen molar-refractivity contribution in [2.45, 2.75) is 6.10 Å². The first-order chi connectivity index (χ1) is 6.65. The summed E-state index contributed by atoms with van der Waals surface area (Å²) in [4.78, 5) is 14.6. The van der Waals surface area contributed by atoms with Crippen molar-refractivity contribution >= 4 is 5.91 Å². The third-order valence-electron chi connectivity index (χ3n) is 1.75. The molecule has 0 aliphatic carbocycles. The average molecular weight is 196 g/mol. The van der Waals surface area contributed by atoms with Gasteiger partial charge in [-0.1, -0.05) is 0 Å². The van der Waals surface area contributed by atoms with Crippen molar-refractivity contribution in [1.29, 1.82) is 0 Å². The standard InChI is InChI=1S/C9H12N2O3/c1-14-5-8(12)6-2-7(9(10)13)4-11-3-6/h2-4,8,12H,5H2,1H3,(H2,10,13). The van der Waals surface area contributed by atoms with E-state index in [1.807, 2.05) is 0 Å². The normalized spacial score (nSPS) is 12.4. The predicted molar refractivity (Wildman–Crippen MR) is 49.6 cm³/mol. The Hall–Kier alpha value is -1.46. The minimum Gasteiger partial charge on any atom is -0.386 e. The molecule has 0 radical (unpaired) electrons. The Morgan fingerprint density at radius 3 is 3.00 bits per heavy atom. The SMILES string of the molecule is COCC(O)c1cncc(C(N)=O)c1. The van der Waals surface area contributed by atoms with Crippen molar-refractivity contribution < 1.29 is 14.6 Å². The summed E-state index contributed by atoms with van der Waals surface area (Å²) in [5.41, 5.74) is 5.86.